The highest BCUT2D eigenvalue weighted by molar-refractivity contribution is 5.99. The summed E-state index contributed by atoms with van der Waals surface area (Å²) in [7, 11) is 2.41. The van der Waals surface area contributed by atoms with E-state index in [1.165, 1.54) is 14.2 Å². The molecule has 0 aliphatic rings. The number of nitrogens with zero attached hydrogens (tertiary/aromatic N) is 2. The van der Waals surface area contributed by atoms with Gasteiger partial charge in [-0.1, -0.05) is 18.2 Å². The predicted molar refractivity (Wildman–Crippen MR) is 95.7 cm³/mol. The van der Waals surface area contributed by atoms with Crippen molar-refractivity contribution in [2.45, 2.75) is 13.8 Å². The summed E-state index contributed by atoms with van der Waals surface area (Å²) in [4.78, 5) is 23.7. The van der Waals surface area contributed by atoms with Crippen LogP contribution in [-0.4, -0.2) is 30.7 Å². The topological polar surface area (TPSA) is 93.4 Å². The average molecular weight is 353 g/mol. The minimum atomic E-state index is -0.754. The van der Waals surface area contributed by atoms with E-state index in [-0.39, 0.29) is 5.70 Å². The molecule has 1 heterocycles. The van der Waals surface area contributed by atoms with Crippen LogP contribution >= 0.6 is 0 Å². The number of nitriles is 1. The highest BCUT2D eigenvalue weighted by atomic mass is 16.5. The first-order chi connectivity index (χ1) is 12.4. The lowest BCUT2D eigenvalue weighted by Gasteiger charge is -2.15. The third-order valence-electron chi connectivity index (χ3n) is 3.96. The second kappa shape index (κ2) is 8.03. The van der Waals surface area contributed by atoms with E-state index in [9.17, 15) is 14.9 Å². The Kier molecular flexibility index (Phi) is 5.81. The fourth-order valence-electron chi connectivity index (χ4n) is 2.52. The SMILES string of the molecule is COC(=O)/C=C(/Nc1c(C#N)c(C)c(C)n1-c1ccccc1)C(=O)OC. The van der Waals surface area contributed by atoms with Gasteiger partial charge in [0.15, 0.2) is 0 Å². The standard InChI is InChI=1S/C19H19N3O4/c1-12-13(2)22(14-8-6-5-7-9-14)18(15(12)11-20)21-16(19(24)26-4)10-17(23)25-3/h5-10,21H,1-4H3/b16-10+. The van der Waals surface area contributed by atoms with Crippen LogP contribution in [0.1, 0.15) is 16.8 Å². The van der Waals surface area contributed by atoms with Crippen LogP contribution in [-0.2, 0) is 19.1 Å². The molecule has 7 heteroatoms. The minimum absolute atomic E-state index is 0.134. The van der Waals surface area contributed by atoms with E-state index in [0.717, 1.165) is 23.0 Å². The van der Waals surface area contributed by atoms with Crippen molar-refractivity contribution < 1.29 is 19.1 Å². The van der Waals surface area contributed by atoms with Crippen molar-refractivity contribution >= 4 is 17.8 Å². The molecule has 26 heavy (non-hydrogen) atoms. The first-order valence-electron chi connectivity index (χ1n) is 7.77. The summed E-state index contributed by atoms with van der Waals surface area (Å²) in [6, 6.07) is 11.5. The van der Waals surface area contributed by atoms with E-state index in [2.05, 4.69) is 16.1 Å². The van der Waals surface area contributed by atoms with Crippen molar-refractivity contribution in [3.8, 4) is 11.8 Å². The molecule has 0 amide bonds. The van der Waals surface area contributed by atoms with Gasteiger partial charge in [-0.2, -0.15) is 5.26 Å². The second-order valence-corrected chi connectivity index (χ2v) is 5.41. The van der Waals surface area contributed by atoms with Crippen LogP contribution < -0.4 is 5.32 Å². The fourth-order valence-corrected chi connectivity index (χ4v) is 2.52. The van der Waals surface area contributed by atoms with Gasteiger partial charge in [-0.15, -0.1) is 0 Å². The lowest BCUT2D eigenvalue weighted by molar-refractivity contribution is -0.138. The Hall–Kier alpha value is -3.53. The first-order valence-corrected chi connectivity index (χ1v) is 7.77. The molecule has 1 N–H and O–H groups in total. The van der Waals surface area contributed by atoms with E-state index in [4.69, 9.17) is 4.74 Å². The zero-order chi connectivity index (χ0) is 19.3. The number of rotatable bonds is 5. The molecular weight excluding hydrogens is 334 g/mol. The molecule has 0 aliphatic carbocycles. The van der Waals surface area contributed by atoms with E-state index < -0.39 is 11.9 Å². The maximum Gasteiger partial charge on any atom is 0.354 e. The van der Waals surface area contributed by atoms with Gasteiger partial charge < -0.3 is 14.8 Å². The van der Waals surface area contributed by atoms with Crippen LogP contribution in [0.5, 0.6) is 0 Å². The van der Waals surface area contributed by atoms with Crippen LogP contribution in [0.3, 0.4) is 0 Å². The molecule has 134 valence electrons. The molecule has 0 aliphatic heterocycles. The van der Waals surface area contributed by atoms with E-state index in [1.54, 1.807) is 0 Å². The largest absolute Gasteiger partial charge is 0.466 e. The monoisotopic (exact) mass is 353 g/mol. The van der Waals surface area contributed by atoms with Crippen LogP contribution in [0.2, 0.25) is 0 Å². The quantitative estimate of drug-likeness (QED) is 0.656. The van der Waals surface area contributed by atoms with Gasteiger partial charge in [-0.25, -0.2) is 9.59 Å². The van der Waals surface area contributed by atoms with E-state index in [1.807, 2.05) is 48.7 Å². The van der Waals surface area contributed by atoms with Crippen molar-refractivity contribution in [1.29, 1.82) is 5.26 Å². The van der Waals surface area contributed by atoms with Gasteiger partial charge in [0.05, 0.1) is 25.9 Å². The highest BCUT2D eigenvalue weighted by Crippen LogP contribution is 2.30. The highest BCUT2D eigenvalue weighted by Gasteiger charge is 2.22. The molecule has 0 spiro atoms. The third-order valence-corrected chi connectivity index (χ3v) is 3.96. The van der Waals surface area contributed by atoms with Crippen LogP contribution in [0.15, 0.2) is 42.1 Å². The Bertz CT molecular complexity index is 905. The lowest BCUT2D eigenvalue weighted by atomic mass is 10.2. The number of carbonyl (C=O) groups excluding carboxylic acids is 2. The number of ether oxygens (including phenoxy) is 2. The Morgan fingerprint density at radius 3 is 2.35 bits per heavy atom. The molecule has 7 nitrogen and oxygen atoms in total. The summed E-state index contributed by atoms with van der Waals surface area (Å²) in [5, 5.41) is 12.5. The van der Waals surface area contributed by atoms with Gasteiger partial charge in [0.25, 0.3) is 0 Å². The van der Waals surface area contributed by atoms with Gasteiger partial charge in [-0.05, 0) is 31.5 Å². The molecule has 0 fully saturated rings. The number of nitrogens with one attached hydrogen (secondary N) is 1. The van der Waals surface area contributed by atoms with Gasteiger partial charge in [-0.3, -0.25) is 4.57 Å². The number of hydrogen-bond donors (Lipinski definition) is 1. The van der Waals surface area contributed by atoms with Gasteiger partial charge in [0.2, 0.25) is 0 Å². The number of para-hydroxylation sites is 1. The zero-order valence-electron chi connectivity index (χ0n) is 15.0. The van der Waals surface area contributed by atoms with Crippen LogP contribution in [0, 0.1) is 25.2 Å². The minimum Gasteiger partial charge on any atom is -0.466 e. The van der Waals surface area contributed by atoms with Crippen molar-refractivity contribution in [2.24, 2.45) is 0 Å². The Balaban J connectivity index is 2.66. The van der Waals surface area contributed by atoms with Crippen LogP contribution in [0.25, 0.3) is 5.69 Å². The first kappa shape index (κ1) is 18.8. The van der Waals surface area contributed by atoms with Crippen molar-refractivity contribution in [1.82, 2.24) is 4.57 Å². The smallest absolute Gasteiger partial charge is 0.354 e. The number of methoxy groups -OCH3 is 2. The molecule has 0 saturated carbocycles. The molecule has 2 rings (SSSR count). The summed E-state index contributed by atoms with van der Waals surface area (Å²) in [6.45, 7) is 3.69. The predicted octanol–water partition coefficient (Wildman–Crippen LogP) is 2.61. The molecule has 1 aromatic heterocycles. The molecule has 0 bridgehead atoms. The lowest BCUT2D eigenvalue weighted by Crippen LogP contribution is -2.17. The number of carbonyl (C=O) groups is 2. The summed E-state index contributed by atoms with van der Waals surface area (Å²) in [6.07, 6.45) is 0.986. The normalized spacial score (nSPS) is 10.8. The van der Waals surface area contributed by atoms with Crippen molar-refractivity contribution in [2.75, 3.05) is 19.5 Å². The van der Waals surface area contributed by atoms with Gasteiger partial charge in [0, 0.05) is 11.4 Å². The summed E-state index contributed by atoms with van der Waals surface area (Å²) in [5.41, 5.74) is 2.63. The molecule has 1 aromatic carbocycles. The number of anilines is 1. The Morgan fingerprint density at radius 2 is 1.81 bits per heavy atom. The van der Waals surface area contributed by atoms with Gasteiger partial charge >= 0.3 is 11.9 Å². The molecule has 0 atom stereocenters. The number of aromatic nitrogens is 1. The van der Waals surface area contributed by atoms with Crippen molar-refractivity contribution in [3.63, 3.8) is 0 Å². The second-order valence-electron chi connectivity index (χ2n) is 5.41. The molecular formula is C19H19N3O4. The molecule has 0 unspecified atom stereocenters. The average Bonchev–Trinajstić information content (AvgIpc) is 2.90. The Labute approximate surface area is 151 Å². The summed E-state index contributed by atoms with van der Waals surface area (Å²) >= 11 is 0. The molecule has 0 saturated heterocycles. The van der Waals surface area contributed by atoms with E-state index in [0.29, 0.717) is 11.4 Å². The molecule has 2 aromatic rings. The molecule has 0 radical (unpaired) electrons. The number of benzene rings is 1. The van der Waals surface area contributed by atoms with Crippen molar-refractivity contribution in [3.05, 3.63) is 58.9 Å². The Morgan fingerprint density at radius 1 is 1.15 bits per heavy atom. The fraction of sp³-hybridized carbons (Fsp3) is 0.211. The maximum absolute atomic E-state index is 12.1. The van der Waals surface area contributed by atoms with E-state index >= 15 is 0 Å². The summed E-state index contributed by atoms with van der Waals surface area (Å²) in [5.74, 6) is -1.10. The number of esters is 2. The zero-order valence-corrected chi connectivity index (χ0v) is 15.0. The van der Waals surface area contributed by atoms with Gasteiger partial charge in [0.1, 0.15) is 17.6 Å². The summed E-state index contributed by atoms with van der Waals surface area (Å²) < 4.78 is 11.1. The third kappa shape index (κ3) is 3.59. The maximum atomic E-state index is 12.1. The number of hydrogen-bond acceptors (Lipinski definition) is 6. The van der Waals surface area contributed by atoms with Crippen LogP contribution in [0.4, 0.5) is 5.82 Å².